The predicted octanol–water partition coefficient (Wildman–Crippen LogP) is 5.23. The molecule has 0 N–H and O–H groups in total. The van der Waals surface area contributed by atoms with Crippen molar-refractivity contribution in [1.29, 1.82) is 0 Å². The molecule has 1 atom stereocenters. The summed E-state index contributed by atoms with van der Waals surface area (Å²) in [6.45, 7) is -0.315. The molecule has 0 saturated heterocycles. The molecule has 1 aromatic heterocycles. The lowest BCUT2D eigenvalue weighted by Gasteiger charge is -2.25. The van der Waals surface area contributed by atoms with E-state index in [4.69, 9.17) is 9.47 Å². The lowest BCUT2D eigenvalue weighted by molar-refractivity contribution is -0.137. The van der Waals surface area contributed by atoms with E-state index in [0.717, 1.165) is 45.3 Å². The molecular weight excluding hydrogens is 507 g/mol. The van der Waals surface area contributed by atoms with Crippen LogP contribution in [0.1, 0.15) is 38.8 Å². The van der Waals surface area contributed by atoms with Gasteiger partial charge in [0.05, 0.1) is 36.4 Å². The maximum absolute atomic E-state index is 13.4. The first kappa shape index (κ1) is 26.2. The highest BCUT2D eigenvalue weighted by Gasteiger charge is 2.35. The highest BCUT2D eigenvalue weighted by atomic mass is 32.1. The quantitative estimate of drug-likeness (QED) is 0.419. The number of rotatable bonds is 7. The second-order valence-corrected chi connectivity index (χ2v) is 9.28. The Kier molecular flexibility index (Phi) is 7.53. The van der Waals surface area contributed by atoms with Gasteiger partial charge in [-0.3, -0.25) is 9.59 Å². The second kappa shape index (κ2) is 10.6. The van der Waals surface area contributed by atoms with E-state index in [1.807, 2.05) is 23.6 Å². The molecule has 2 aromatic carbocycles. The van der Waals surface area contributed by atoms with Crippen molar-refractivity contribution in [2.24, 2.45) is 5.10 Å². The average molecular weight is 532 g/mol. The van der Waals surface area contributed by atoms with E-state index in [0.29, 0.717) is 17.9 Å². The number of nitrogens with zero attached hydrogens (tertiary/aromatic N) is 3. The maximum atomic E-state index is 13.4. The minimum Gasteiger partial charge on any atom is -0.493 e. The van der Waals surface area contributed by atoms with E-state index in [1.54, 1.807) is 12.1 Å². The fourth-order valence-corrected chi connectivity index (χ4v) is 4.74. The number of carbonyl (C=O) groups is 2. The van der Waals surface area contributed by atoms with E-state index >= 15 is 0 Å². The molecular formula is C26H24F3N3O4S. The number of hydrogen-bond donors (Lipinski definition) is 0. The molecule has 2 amide bonds. The number of hydrazone groups is 1. The zero-order valence-corrected chi connectivity index (χ0v) is 21.1. The van der Waals surface area contributed by atoms with Crippen LogP contribution in [-0.4, -0.2) is 55.2 Å². The molecule has 0 fully saturated rings. The number of methoxy groups -OCH3 is 2. The Morgan fingerprint density at radius 2 is 1.78 bits per heavy atom. The molecule has 4 rings (SSSR count). The van der Waals surface area contributed by atoms with Crippen molar-refractivity contribution in [3.05, 3.63) is 81.5 Å². The summed E-state index contributed by atoms with van der Waals surface area (Å²) in [4.78, 5) is 28.3. The monoisotopic (exact) mass is 531 g/mol. The molecule has 37 heavy (non-hydrogen) atoms. The number of thiophene rings is 1. The van der Waals surface area contributed by atoms with E-state index < -0.39 is 29.6 Å². The molecule has 0 aliphatic carbocycles. The highest BCUT2D eigenvalue weighted by molar-refractivity contribution is 7.12. The Balaban J connectivity index is 1.56. The van der Waals surface area contributed by atoms with Crippen LogP contribution in [0.4, 0.5) is 13.2 Å². The largest absolute Gasteiger partial charge is 0.493 e. The standard InChI is InChI=1S/C26H24F3N3O4S/c1-31(25(34)16-6-9-18(10-7-16)26(27,28)29)15-24(33)32-20(14-19(30-32)23-5-4-12-37-23)17-8-11-21(35-2)22(13-17)36-3/h4-13,20H,14-15H2,1-3H3/t20-/m1/s1. The van der Waals surface area contributed by atoms with Gasteiger partial charge in [-0.25, -0.2) is 5.01 Å². The number of alkyl halides is 3. The number of hydrogen-bond acceptors (Lipinski definition) is 6. The first-order valence-electron chi connectivity index (χ1n) is 11.2. The topological polar surface area (TPSA) is 71.4 Å². The van der Waals surface area contributed by atoms with Gasteiger partial charge in [-0.1, -0.05) is 12.1 Å². The van der Waals surface area contributed by atoms with Crippen LogP contribution in [0.2, 0.25) is 0 Å². The Hall–Kier alpha value is -3.86. The summed E-state index contributed by atoms with van der Waals surface area (Å²) < 4.78 is 49.3. The molecule has 194 valence electrons. The SMILES string of the molecule is COc1ccc([C@H]2CC(c3cccs3)=NN2C(=O)CN(C)C(=O)c2ccc(C(F)(F)F)cc2)cc1OC. The number of benzene rings is 2. The van der Waals surface area contributed by atoms with E-state index in [1.165, 1.54) is 37.6 Å². The summed E-state index contributed by atoms with van der Waals surface area (Å²) in [6.07, 6.45) is -4.05. The lowest BCUT2D eigenvalue weighted by atomic mass is 10.0. The summed E-state index contributed by atoms with van der Waals surface area (Å²) in [5.74, 6) is 0.0375. The smallest absolute Gasteiger partial charge is 0.416 e. The van der Waals surface area contributed by atoms with Crippen molar-refractivity contribution in [3.63, 3.8) is 0 Å². The molecule has 0 spiro atoms. The highest BCUT2D eigenvalue weighted by Crippen LogP contribution is 2.38. The van der Waals surface area contributed by atoms with Crippen molar-refractivity contribution in [2.45, 2.75) is 18.6 Å². The Morgan fingerprint density at radius 3 is 2.38 bits per heavy atom. The molecule has 0 radical (unpaired) electrons. The molecule has 1 aliphatic rings. The van der Waals surface area contributed by atoms with Gasteiger partial charge in [0, 0.05) is 19.0 Å². The van der Waals surface area contributed by atoms with Crippen LogP contribution in [0.3, 0.4) is 0 Å². The van der Waals surface area contributed by atoms with Crippen LogP contribution in [0.5, 0.6) is 11.5 Å². The van der Waals surface area contributed by atoms with Gasteiger partial charge < -0.3 is 14.4 Å². The van der Waals surface area contributed by atoms with Crippen molar-refractivity contribution in [1.82, 2.24) is 9.91 Å². The molecule has 0 bridgehead atoms. The maximum Gasteiger partial charge on any atom is 0.416 e. The first-order valence-corrected chi connectivity index (χ1v) is 12.1. The fraction of sp³-hybridized carbons (Fsp3) is 0.269. The molecule has 11 heteroatoms. The minimum atomic E-state index is -4.50. The second-order valence-electron chi connectivity index (χ2n) is 8.33. The van der Waals surface area contributed by atoms with Crippen LogP contribution in [0, 0.1) is 0 Å². The Morgan fingerprint density at radius 1 is 1.08 bits per heavy atom. The van der Waals surface area contributed by atoms with Crippen LogP contribution < -0.4 is 9.47 Å². The average Bonchev–Trinajstić information content (AvgIpc) is 3.58. The fourth-order valence-electron chi connectivity index (χ4n) is 4.02. The molecule has 0 unspecified atom stereocenters. The summed E-state index contributed by atoms with van der Waals surface area (Å²) in [6, 6.07) is 12.6. The van der Waals surface area contributed by atoms with Crippen molar-refractivity contribution in [2.75, 3.05) is 27.8 Å². The van der Waals surface area contributed by atoms with Gasteiger partial charge in [0.2, 0.25) is 0 Å². The Labute approximate surface area is 215 Å². The van der Waals surface area contributed by atoms with Gasteiger partial charge >= 0.3 is 6.18 Å². The number of carbonyl (C=O) groups excluding carboxylic acids is 2. The van der Waals surface area contributed by atoms with E-state index in [-0.39, 0.29) is 12.1 Å². The molecule has 1 aliphatic heterocycles. The summed E-state index contributed by atoms with van der Waals surface area (Å²) in [7, 11) is 4.47. The van der Waals surface area contributed by atoms with Crippen LogP contribution >= 0.6 is 11.3 Å². The normalized spacial score (nSPS) is 15.4. The number of halogens is 3. The van der Waals surface area contributed by atoms with Crippen molar-refractivity contribution in [3.8, 4) is 11.5 Å². The van der Waals surface area contributed by atoms with Crippen molar-refractivity contribution >= 4 is 28.9 Å². The van der Waals surface area contributed by atoms with Gasteiger partial charge in [-0.15, -0.1) is 11.3 Å². The summed E-state index contributed by atoms with van der Waals surface area (Å²) in [5.41, 5.74) is 0.704. The first-order chi connectivity index (χ1) is 17.6. The third-order valence-electron chi connectivity index (χ3n) is 5.94. The predicted molar refractivity (Wildman–Crippen MR) is 133 cm³/mol. The van der Waals surface area contributed by atoms with E-state index in [9.17, 15) is 22.8 Å². The van der Waals surface area contributed by atoms with E-state index in [2.05, 4.69) is 5.10 Å². The van der Waals surface area contributed by atoms with Gasteiger partial charge in [0.1, 0.15) is 6.54 Å². The third-order valence-corrected chi connectivity index (χ3v) is 6.86. The van der Waals surface area contributed by atoms with Gasteiger partial charge in [-0.2, -0.15) is 18.3 Å². The zero-order chi connectivity index (χ0) is 26.7. The number of amides is 2. The van der Waals surface area contributed by atoms with Crippen LogP contribution in [0.25, 0.3) is 0 Å². The Bertz CT molecular complexity index is 1310. The van der Waals surface area contributed by atoms with Crippen LogP contribution in [0.15, 0.2) is 65.1 Å². The molecule has 2 heterocycles. The third kappa shape index (κ3) is 5.61. The van der Waals surface area contributed by atoms with Crippen molar-refractivity contribution < 1.29 is 32.2 Å². The molecule has 7 nitrogen and oxygen atoms in total. The zero-order valence-electron chi connectivity index (χ0n) is 20.3. The number of likely N-dealkylation sites (N-methyl/N-ethyl adjacent to an activating group) is 1. The van der Waals surface area contributed by atoms with Gasteiger partial charge in [0.15, 0.2) is 11.5 Å². The molecule has 3 aromatic rings. The van der Waals surface area contributed by atoms with Gasteiger partial charge in [0.25, 0.3) is 11.8 Å². The van der Waals surface area contributed by atoms with Gasteiger partial charge in [-0.05, 0) is 53.4 Å². The summed E-state index contributed by atoms with van der Waals surface area (Å²) >= 11 is 1.51. The summed E-state index contributed by atoms with van der Waals surface area (Å²) in [5, 5.41) is 7.86. The lowest BCUT2D eigenvalue weighted by Crippen LogP contribution is -2.39. The minimum absolute atomic E-state index is 0.0453. The number of ether oxygens (including phenoxy) is 2. The van der Waals surface area contributed by atoms with Crippen LogP contribution in [-0.2, 0) is 11.0 Å². The molecule has 0 saturated carbocycles.